The minimum Gasteiger partial charge on any atom is -0.504 e. The molecule has 0 saturated carbocycles. The molecule has 0 bridgehead atoms. The number of phenols is 1. The minimum atomic E-state index is -1.02. The molecule has 0 heterocycles. The predicted octanol–water partition coefficient (Wildman–Crippen LogP) is 3.05. The van der Waals surface area contributed by atoms with Crippen molar-refractivity contribution >= 4 is 35.3 Å². The Bertz CT molecular complexity index is 1220. The fourth-order valence-corrected chi connectivity index (χ4v) is 2.88. The number of anilines is 2. The average Bonchev–Trinajstić information content (AvgIpc) is 2.80. The summed E-state index contributed by atoms with van der Waals surface area (Å²) in [7, 11) is 1.40. The summed E-state index contributed by atoms with van der Waals surface area (Å²) < 4.78 is 5.00. The quantitative estimate of drug-likeness (QED) is 0.263. The van der Waals surface area contributed by atoms with Gasteiger partial charge in [-0.3, -0.25) is 14.4 Å². The van der Waals surface area contributed by atoms with Gasteiger partial charge in [0.05, 0.1) is 24.6 Å². The van der Waals surface area contributed by atoms with Crippen molar-refractivity contribution in [1.29, 1.82) is 0 Å². The Morgan fingerprint density at radius 3 is 2.48 bits per heavy atom. The van der Waals surface area contributed by atoms with Gasteiger partial charge in [0.25, 0.3) is 5.91 Å². The third kappa shape index (κ3) is 6.17. The molecule has 0 aliphatic carbocycles. The van der Waals surface area contributed by atoms with Gasteiger partial charge >= 0.3 is 11.8 Å². The number of para-hydroxylation sites is 1. The average molecular weight is 446 g/mol. The monoisotopic (exact) mass is 446 g/mol. The first-order valence-electron chi connectivity index (χ1n) is 9.86. The molecule has 0 atom stereocenters. The van der Waals surface area contributed by atoms with E-state index in [0.29, 0.717) is 11.3 Å². The largest absolute Gasteiger partial charge is 0.504 e. The van der Waals surface area contributed by atoms with Gasteiger partial charge in [-0.2, -0.15) is 5.10 Å². The second-order valence-electron chi connectivity index (χ2n) is 6.95. The van der Waals surface area contributed by atoms with Gasteiger partial charge in [0.15, 0.2) is 11.5 Å². The lowest BCUT2D eigenvalue weighted by Crippen LogP contribution is -2.33. The molecule has 9 heteroatoms. The van der Waals surface area contributed by atoms with Crippen LogP contribution in [0.1, 0.15) is 21.5 Å². The van der Waals surface area contributed by atoms with E-state index in [9.17, 15) is 19.5 Å². The van der Waals surface area contributed by atoms with Gasteiger partial charge in [0.1, 0.15) is 0 Å². The van der Waals surface area contributed by atoms with Crippen LogP contribution >= 0.6 is 0 Å². The van der Waals surface area contributed by atoms with Crippen molar-refractivity contribution < 1.29 is 24.2 Å². The summed E-state index contributed by atoms with van der Waals surface area (Å²) in [6.07, 6.45) is 1.29. The maximum absolute atomic E-state index is 12.7. The van der Waals surface area contributed by atoms with Crippen molar-refractivity contribution in [3.05, 3.63) is 83.4 Å². The van der Waals surface area contributed by atoms with Crippen molar-refractivity contribution in [1.82, 2.24) is 5.43 Å². The highest BCUT2D eigenvalue weighted by Gasteiger charge is 2.17. The van der Waals surface area contributed by atoms with E-state index in [1.54, 1.807) is 24.3 Å². The number of phenolic OH excluding ortho intramolecular Hbond substituents is 1. The topological polar surface area (TPSA) is 129 Å². The first kappa shape index (κ1) is 23.0. The standard InChI is InChI=1S/C24H22N4O5/c1-15-6-5-7-17(12-15)26-22(30)18-8-3-4-9-19(18)27-23(31)24(32)28-25-14-16-10-11-20(29)21(13-16)33-2/h3-14,29H,1-2H3,(H,26,30)(H,27,31)(H,28,32)/b25-14-. The Kier molecular flexibility index (Phi) is 7.38. The third-order valence-electron chi connectivity index (χ3n) is 4.49. The molecule has 0 spiro atoms. The molecule has 168 valence electrons. The molecule has 3 aromatic rings. The Morgan fingerprint density at radius 1 is 0.939 bits per heavy atom. The van der Waals surface area contributed by atoms with E-state index in [-0.39, 0.29) is 22.7 Å². The summed E-state index contributed by atoms with van der Waals surface area (Å²) in [5.74, 6) is -2.25. The van der Waals surface area contributed by atoms with Crippen LogP contribution in [0.15, 0.2) is 71.8 Å². The lowest BCUT2D eigenvalue weighted by Gasteiger charge is -2.11. The van der Waals surface area contributed by atoms with Gasteiger partial charge < -0.3 is 20.5 Å². The third-order valence-corrected chi connectivity index (χ3v) is 4.49. The number of hydrazone groups is 1. The summed E-state index contributed by atoms with van der Waals surface area (Å²) in [4.78, 5) is 37.1. The molecule has 0 saturated heterocycles. The highest BCUT2D eigenvalue weighted by molar-refractivity contribution is 6.40. The van der Waals surface area contributed by atoms with Gasteiger partial charge in [0.2, 0.25) is 0 Å². The molecular formula is C24H22N4O5. The van der Waals surface area contributed by atoms with E-state index >= 15 is 0 Å². The number of hydrogen-bond donors (Lipinski definition) is 4. The van der Waals surface area contributed by atoms with Crippen molar-refractivity contribution in [2.24, 2.45) is 5.10 Å². The highest BCUT2D eigenvalue weighted by Crippen LogP contribution is 2.25. The maximum Gasteiger partial charge on any atom is 0.329 e. The number of benzene rings is 3. The van der Waals surface area contributed by atoms with Crippen LogP contribution in [0.4, 0.5) is 11.4 Å². The smallest absolute Gasteiger partial charge is 0.329 e. The molecule has 33 heavy (non-hydrogen) atoms. The number of carbonyl (C=O) groups is 3. The van der Waals surface area contributed by atoms with Gasteiger partial charge in [-0.05, 0) is 60.5 Å². The summed E-state index contributed by atoms with van der Waals surface area (Å²) in [5.41, 5.74) is 4.61. The van der Waals surface area contributed by atoms with Crippen LogP contribution in [0.5, 0.6) is 11.5 Å². The lowest BCUT2D eigenvalue weighted by molar-refractivity contribution is -0.136. The highest BCUT2D eigenvalue weighted by atomic mass is 16.5. The molecule has 4 N–H and O–H groups in total. The molecule has 3 amide bonds. The van der Waals surface area contributed by atoms with Gasteiger partial charge in [-0.25, -0.2) is 5.43 Å². The molecule has 3 aromatic carbocycles. The number of hydrogen-bond acceptors (Lipinski definition) is 6. The first-order chi connectivity index (χ1) is 15.9. The molecule has 0 aliphatic rings. The number of rotatable bonds is 6. The zero-order valence-corrected chi connectivity index (χ0v) is 18.0. The predicted molar refractivity (Wildman–Crippen MR) is 125 cm³/mol. The molecule has 0 aliphatic heterocycles. The number of ether oxygens (including phenoxy) is 1. The number of nitrogens with zero attached hydrogens (tertiary/aromatic N) is 1. The lowest BCUT2D eigenvalue weighted by atomic mass is 10.1. The number of amides is 3. The van der Waals surface area contributed by atoms with Crippen molar-refractivity contribution in [2.75, 3.05) is 17.7 Å². The number of nitrogens with one attached hydrogen (secondary N) is 3. The van der Waals surface area contributed by atoms with Crippen LogP contribution < -0.4 is 20.8 Å². The summed E-state index contributed by atoms with van der Waals surface area (Å²) in [6, 6.07) is 18.1. The zero-order valence-electron chi connectivity index (χ0n) is 18.0. The second-order valence-corrected chi connectivity index (χ2v) is 6.95. The number of carbonyl (C=O) groups excluding carboxylic acids is 3. The molecular weight excluding hydrogens is 424 g/mol. The zero-order chi connectivity index (χ0) is 23.8. The Hall–Kier alpha value is -4.66. The summed E-state index contributed by atoms with van der Waals surface area (Å²) in [5, 5.41) is 18.5. The Morgan fingerprint density at radius 2 is 1.73 bits per heavy atom. The van der Waals surface area contributed by atoms with Gasteiger partial charge in [0, 0.05) is 5.69 Å². The molecule has 0 aromatic heterocycles. The van der Waals surface area contributed by atoms with Crippen LogP contribution in [-0.2, 0) is 9.59 Å². The van der Waals surface area contributed by atoms with Crippen LogP contribution in [0.3, 0.4) is 0 Å². The van der Waals surface area contributed by atoms with Crippen molar-refractivity contribution in [2.45, 2.75) is 6.92 Å². The molecule has 0 fully saturated rings. The fourth-order valence-electron chi connectivity index (χ4n) is 2.88. The molecule has 3 rings (SSSR count). The Balaban J connectivity index is 1.64. The van der Waals surface area contributed by atoms with Crippen molar-refractivity contribution in [3.63, 3.8) is 0 Å². The number of methoxy groups -OCH3 is 1. The van der Waals surface area contributed by atoms with Crippen LogP contribution in [0.25, 0.3) is 0 Å². The van der Waals surface area contributed by atoms with Crippen LogP contribution in [0.2, 0.25) is 0 Å². The van der Waals surface area contributed by atoms with E-state index in [1.807, 2.05) is 25.1 Å². The van der Waals surface area contributed by atoms with Crippen LogP contribution in [-0.4, -0.2) is 36.2 Å². The van der Waals surface area contributed by atoms with Gasteiger partial charge in [-0.1, -0.05) is 24.3 Å². The molecule has 0 unspecified atom stereocenters. The van der Waals surface area contributed by atoms with E-state index in [4.69, 9.17) is 4.74 Å². The summed E-state index contributed by atoms with van der Waals surface area (Å²) >= 11 is 0. The van der Waals surface area contributed by atoms with Crippen LogP contribution in [0, 0.1) is 6.92 Å². The summed E-state index contributed by atoms with van der Waals surface area (Å²) in [6.45, 7) is 1.91. The molecule has 9 nitrogen and oxygen atoms in total. The Labute approximate surface area is 190 Å². The van der Waals surface area contributed by atoms with E-state index < -0.39 is 17.7 Å². The SMILES string of the molecule is COc1cc(/C=N\NC(=O)C(=O)Nc2ccccc2C(=O)Nc2cccc(C)c2)ccc1O. The van der Waals surface area contributed by atoms with Crippen molar-refractivity contribution in [3.8, 4) is 11.5 Å². The second kappa shape index (κ2) is 10.6. The minimum absolute atomic E-state index is 0.0387. The molecule has 0 radical (unpaired) electrons. The number of aryl methyl sites for hydroxylation is 1. The normalized spacial score (nSPS) is 10.5. The maximum atomic E-state index is 12.7. The number of aromatic hydroxyl groups is 1. The fraction of sp³-hybridized carbons (Fsp3) is 0.0833. The van der Waals surface area contributed by atoms with E-state index in [1.165, 1.54) is 37.6 Å². The van der Waals surface area contributed by atoms with Gasteiger partial charge in [-0.15, -0.1) is 0 Å². The first-order valence-corrected chi connectivity index (χ1v) is 9.86. The van der Waals surface area contributed by atoms with E-state index in [0.717, 1.165) is 5.56 Å². The van der Waals surface area contributed by atoms with E-state index in [2.05, 4.69) is 21.2 Å².